The predicted molar refractivity (Wildman–Crippen MR) is 235 cm³/mol. The van der Waals surface area contributed by atoms with Crippen molar-refractivity contribution in [3.63, 3.8) is 0 Å². The third kappa shape index (κ3) is 5.72. The molecule has 0 bridgehead atoms. The van der Waals surface area contributed by atoms with Gasteiger partial charge in [0.15, 0.2) is 0 Å². The highest BCUT2D eigenvalue weighted by Crippen LogP contribution is 2.59. The zero-order valence-electron chi connectivity index (χ0n) is 31.9. The molecular formula is C50H51BN2S. The Morgan fingerprint density at radius 1 is 0.444 bits per heavy atom. The molecule has 10 rings (SSSR count). The predicted octanol–water partition coefficient (Wildman–Crippen LogP) is 12.3. The van der Waals surface area contributed by atoms with Crippen LogP contribution in [0.5, 0.6) is 0 Å². The molecule has 0 N–H and O–H groups in total. The number of benzene rings is 6. The number of fused-ring (bicyclic) bond motifs is 4. The summed E-state index contributed by atoms with van der Waals surface area (Å²) in [4.78, 5) is 8.02. The van der Waals surface area contributed by atoms with Crippen LogP contribution in [0, 0.1) is 0 Å². The van der Waals surface area contributed by atoms with Gasteiger partial charge in [-0.05, 0) is 148 Å². The van der Waals surface area contributed by atoms with Crippen molar-refractivity contribution in [3.05, 3.63) is 151 Å². The summed E-state index contributed by atoms with van der Waals surface area (Å²) in [5, 5.41) is 0. The zero-order valence-corrected chi connectivity index (χ0v) is 32.7. The molecule has 0 spiro atoms. The van der Waals surface area contributed by atoms with Gasteiger partial charge in [0, 0.05) is 34.1 Å². The SMILES string of the molecule is CS(C)(c1ccccc1)c1cc2c3c(c1)N(c1ccc(C4CCCCC4)cc1)c1ccc(C4CCCCC4)cc1B3c1ccccc1N2c1ccccc1. The maximum absolute atomic E-state index is 2.64. The summed E-state index contributed by atoms with van der Waals surface area (Å²) in [7, 11) is -1.36. The van der Waals surface area contributed by atoms with Crippen LogP contribution in [0.25, 0.3) is 0 Å². The summed E-state index contributed by atoms with van der Waals surface area (Å²) in [6, 6.07) is 54.1. The molecule has 2 aliphatic carbocycles. The van der Waals surface area contributed by atoms with E-state index in [9.17, 15) is 0 Å². The fourth-order valence-electron chi connectivity index (χ4n) is 10.3. The lowest BCUT2D eigenvalue weighted by Crippen LogP contribution is -2.61. The topological polar surface area (TPSA) is 6.48 Å². The Bertz CT molecular complexity index is 2290. The lowest BCUT2D eigenvalue weighted by Gasteiger charge is -2.46. The molecule has 2 heterocycles. The molecule has 0 aromatic heterocycles. The van der Waals surface area contributed by atoms with Crippen molar-refractivity contribution in [2.45, 2.75) is 85.8 Å². The molecular weight excluding hydrogens is 671 g/mol. The van der Waals surface area contributed by atoms with Gasteiger partial charge in [-0.25, -0.2) is 0 Å². The molecule has 4 aliphatic rings. The average molecular weight is 723 g/mol. The number of para-hydroxylation sites is 2. The summed E-state index contributed by atoms with van der Waals surface area (Å²) in [5.41, 5.74) is 15.0. The molecule has 2 nitrogen and oxygen atoms in total. The molecule has 54 heavy (non-hydrogen) atoms. The highest BCUT2D eigenvalue weighted by molar-refractivity contribution is 8.32. The van der Waals surface area contributed by atoms with E-state index in [1.165, 1.54) is 136 Å². The zero-order chi connectivity index (χ0) is 36.2. The number of rotatable bonds is 6. The van der Waals surface area contributed by atoms with E-state index in [4.69, 9.17) is 0 Å². The van der Waals surface area contributed by atoms with Crippen LogP contribution < -0.4 is 26.2 Å². The van der Waals surface area contributed by atoms with Gasteiger partial charge in [0.05, 0.1) is 0 Å². The molecule has 2 aliphatic heterocycles. The molecule has 0 atom stereocenters. The molecule has 270 valence electrons. The smallest absolute Gasteiger partial charge is 0.252 e. The molecule has 0 radical (unpaired) electrons. The van der Waals surface area contributed by atoms with Crippen LogP contribution in [0.2, 0.25) is 0 Å². The molecule has 2 fully saturated rings. The minimum absolute atomic E-state index is 0.145. The third-order valence-electron chi connectivity index (χ3n) is 13.2. The van der Waals surface area contributed by atoms with E-state index in [1.807, 2.05) is 0 Å². The van der Waals surface area contributed by atoms with Crippen molar-refractivity contribution in [1.82, 2.24) is 0 Å². The van der Waals surface area contributed by atoms with Crippen molar-refractivity contribution in [3.8, 4) is 0 Å². The maximum atomic E-state index is 2.64. The Kier molecular flexibility index (Phi) is 8.71. The molecule has 2 saturated carbocycles. The number of hydrogen-bond acceptors (Lipinski definition) is 2. The third-order valence-corrected chi connectivity index (χ3v) is 16.1. The lowest BCUT2D eigenvalue weighted by atomic mass is 9.33. The quantitative estimate of drug-likeness (QED) is 0.158. The Morgan fingerprint density at radius 2 is 0.963 bits per heavy atom. The van der Waals surface area contributed by atoms with Gasteiger partial charge < -0.3 is 9.80 Å². The van der Waals surface area contributed by atoms with Gasteiger partial charge in [0.1, 0.15) is 0 Å². The van der Waals surface area contributed by atoms with E-state index in [2.05, 4.69) is 162 Å². The van der Waals surface area contributed by atoms with E-state index < -0.39 is 10.0 Å². The second-order valence-electron chi connectivity index (χ2n) is 16.6. The molecule has 0 saturated heterocycles. The number of anilines is 6. The van der Waals surface area contributed by atoms with Crippen LogP contribution in [0.15, 0.2) is 149 Å². The van der Waals surface area contributed by atoms with Gasteiger partial charge in [-0.1, -0.05) is 117 Å². The highest BCUT2D eigenvalue weighted by Gasteiger charge is 2.44. The Morgan fingerprint density at radius 3 is 1.61 bits per heavy atom. The summed E-state index contributed by atoms with van der Waals surface area (Å²) >= 11 is 0. The van der Waals surface area contributed by atoms with E-state index in [0.717, 1.165) is 0 Å². The number of hydrogen-bond donors (Lipinski definition) is 0. The van der Waals surface area contributed by atoms with Gasteiger partial charge in [-0.2, -0.15) is 10.0 Å². The summed E-state index contributed by atoms with van der Waals surface area (Å²) in [6.07, 6.45) is 18.4. The summed E-state index contributed by atoms with van der Waals surface area (Å²) < 4.78 is 0. The average Bonchev–Trinajstić information content (AvgIpc) is 3.24. The summed E-state index contributed by atoms with van der Waals surface area (Å²) in [5.74, 6) is 1.33. The van der Waals surface area contributed by atoms with Crippen molar-refractivity contribution >= 4 is 67.3 Å². The first kappa shape index (κ1) is 33.9. The van der Waals surface area contributed by atoms with Crippen molar-refractivity contribution in [2.24, 2.45) is 0 Å². The Hall–Kier alpha value is -4.67. The van der Waals surface area contributed by atoms with Crippen LogP contribution in [-0.2, 0) is 0 Å². The first-order chi connectivity index (χ1) is 26.6. The first-order valence-electron chi connectivity index (χ1n) is 20.5. The van der Waals surface area contributed by atoms with Gasteiger partial charge >= 0.3 is 0 Å². The van der Waals surface area contributed by atoms with Crippen LogP contribution in [0.3, 0.4) is 0 Å². The Labute approximate surface area is 324 Å². The molecule has 0 unspecified atom stereocenters. The maximum Gasteiger partial charge on any atom is 0.252 e. The second kappa shape index (κ2) is 13.9. The van der Waals surface area contributed by atoms with Gasteiger partial charge in [-0.3, -0.25) is 0 Å². The number of nitrogens with zero attached hydrogens (tertiary/aromatic N) is 2. The first-order valence-corrected chi connectivity index (χ1v) is 23.0. The molecule has 4 heteroatoms. The van der Waals surface area contributed by atoms with Gasteiger partial charge in [0.25, 0.3) is 6.71 Å². The normalized spacial score (nSPS) is 17.5. The van der Waals surface area contributed by atoms with Crippen LogP contribution in [0.4, 0.5) is 34.1 Å². The van der Waals surface area contributed by atoms with Crippen LogP contribution in [-0.4, -0.2) is 19.2 Å². The van der Waals surface area contributed by atoms with Gasteiger partial charge in [-0.15, -0.1) is 0 Å². The largest absolute Gasteiger partial charge is 0.311 e. The van der Waals surface area contributed by atoms with E-state index in [1.54, 1.807) is 0 Å². The van der Waals surface area contributed by atoms with Crippen LogP contribution >= 0.6 is 10.0 Å². The van der Waals surface area contributed by atoms with E-state index >= 15 is 0 Å². The van der Waals surface area contributed by atoms with E-state index in [-0.39, 0.29) is 6.71 Å². The monoisotopic (exact) mass is 722 g/mol. The Balaban J connectivity index is 1.25. The fraction of sp³-hybridized carbons (Fsp3) is 0.280. The second-order valence-corrected chi connectivity index (χ2v) is 20.2. The van der Waals surface area contributed by atoms with Crippen molar-refractivity contribution in [1.29, 1.82) is 0 Å². The molecule has 6 aromatic carbocycles. The minimum atomic E-state index is -1.36. The van der Waals surface area contributed by atoms with Crippen LogP contribution in [0.1, 0.15) is 87.2 Å². The highest BCUT2D eigenvalue weighted by atomic mass is 32.3. The fourth-order valence-corrected chi connectivity index (χ4v) is 12.2. The molecule has 6 aromatic rings. The standard InChI is InChI=1S/C50H51BN2S/c1-54(2,42-23-13-6-14-24-42)43-34-48-50-49(35-43)53(41-30-27-38(28-31-41)36-17-7-3-8-18-36)47-32-29-39(37-19-9-4-10-20-37)33-45(47)51(50)44-25-15-16-26-46(44)52(48)40-21-11-5-12-22-40/h5-6,11-16,21-37H,3-4,7-10,17-20H2,1-2H3. The lowest BCUT2D eigenvalue weighted by molar-refractivity contribution is 0.443. The summed E-state index contributed by atoms with van der Waals surface area (Å²) in [6.45, 7) is 0.145. The van der Waals surface area contributed by atoms with Crippen molar-refractivity contribution < 1.29 is 0 Å². The van der Waals surface area contributed by atoms with E-state index in [0.29, 0.717) is 11.8 Å². The van der Waals surface area contributed by atoms with Crippen molar-refractivity contribution in [2.75, 3.05) is 22.3 Å². The molecule has 0 amide bonds. The van der Waals surface area contributed by atoms with Gasteiger partial charge in [0.2, 0.25) is 0 Å². The minimum Gasteiger partial charge on any atom is -0.311 e.